The first-order valence-electron chi connectivity index (χ1n) is 3.31. The number of hydrogen-bond donors (Lipinski definition) is 2. The van der Waals surface area contributed by atoms with E-state index >= 15 is 0 Å². The Morgan fingerprint density at radius 1 is 0.846 bits per heavy atom. The third kappa shape index (κ3) is 3.18. The number of carbonyl (C=O) groups is 2. The predicted octanol–water partition coefficient (Wildman–Crippen LogP) is -3.11. The molecule has 0 atom stereocenters. The fourth-order valence-electron chi connectivity index (χ4n) is 0.799. The zero-order valence-electron chi connectivity index (χ0n) is 7.28. The molecule has 1 rings (SSSR count). The zero-order chi connectivity index (χ0) is 9.14. The number of rotatable bonds is 2. The van der Waals surface area contributed by atoms with E-state index in [2.05, 4.69) is 0 Å². The Labute approximate surface area is 97.6 Å². The first-order chi connectivity index (χ1) is 5.61. The molecule has 0 aliphatic carbocycles. The SMILES string of the molecule is NC(=O)c1ccc(C(N)=O)cc1.[Na+]. The molecule has 0 unspecified atom stereocenters. The van der Waals surface area contributed by atoms with E-state index in [1.807, 2.05) is 0 Å². The van der Waals surface area contributed by atoms with Crippen LogP contribution in [0.1, 0.15) is 20.7 Å². The van der Waals surface area contributed by atoms with Gasteiger partial charge in [0.05, 0.1) is 0 Å². The van der Waals surface area contributed by atoms with Gasteiger partial charge in [-0.1, -0.05) is 0 Å². The van der Waals surface area contributed by atoms with Crippen molar-refractivity contribution in [3.63, 3.8) is 0 Å². The van der Waals surface area contributed by atoms with Crippen molar-refractivity contribution in [2.45, 2.75) is 0 Å². The Kier molecular flexibility index (Phi) is 4.69. The van der Waals surface area contributed by atoms with E-state index < -0.39 is 11.8 Å². The Morgan fingerprint density at radius 3 is 1.23 bits per heavy atom. The smallest absolute Gasteiger partial charge is 0.366 e. The number of hydrogen-bond acceptors (Lipinski definition) is 2. The predicted molar refractivity (Wildman–Crippen MR) is 43.5 cm³/mol. The number of benzene rings is 1. The Bertz CT molecular complexity index is 288. The van der Waals surface area contributed by atoms with Gasteiger partial charge in [0.25, 0.3) is 0 Å². The quantitative estimate of drug-likeness (QED) is 0.480. The molecule has 0 fully saturated rings. The second-order valence-electron chi connectivity index (χ2n) is 2.31. The molecule has 13 heavy (non-hydrogen) atoms. The molecule has 1 aromatic rings. The summed E-state index contributed by atoms with van der Waals surface area (Å²) >= 11 is 0. The van der Waals surface area contributed by atoms with Gasteiger partial charge in [0.1, 0.15) is 0 Å². The molecule has 0 saturated heterocycles. The first-order valence-corrected chi connectivity index (χ1v) is 3.31. The van der Waals surface area contributed by atoms with Crippen LogP contribution in [-0.4, -0.2) is 11.8 Å². The maximum absolute atomic E-state index is 10.6. The second kappa shape index (κ2) is 5.01. The summed E-state index contributed by atoms with van der Waals surface area (Å²) in [5.74, 6) is -1.04. The molecule has 4 N–H and O–H groups in total. The summed E-state index contributed by atoms with van der Waals surface area (Å²) in [5.41, 5.74) is 10.7. The third-order valence-corrected chi connectivity index (χ3v) is 1.45. The van der Waals surface area contributed by atoms with Crippen LogP contribution in [0.2, 0.25) is 0 Å². The van der Waals surface area contributed by atoms with Gasteiger partial charge in [0.2, 0.25) is 11.8 Å². The van der Waals surface area contributed by atoms with E-state index in [0.717, 1.165) is 0 Å². The minimum atomic E-state index is -0.522. The van der Waals surface area contributed by atoms with Crippen LogP contribution in [-0.2, 0) is 0 Å². The van der Waals surface area contributed by atoms with Crippen LogP contribution >= 0.6 is 0 Å². The summed E-state index contributed by atoms with van der Waals surface area (Å²) in [6.07, 6.45) is 0. The van der Waals surface area contributed by atoms with Gasteiger partial charge in [-0.3, -0.25) is 9.59 Å². The minimum Gasteiger partial charge on any atom is -0.366 e. The summed E-state index contributed by atoms with van der Waals surface area (Å²) in [6, 6.07) is 5.84. The van der Waals surface area contributed by atoms with Crippen LogP contribution in [0, 0.1) is 0 Å². The van der Waals surface area contributed by atoms with Gasteiger partial charge in [-0.25, -0.2) is 0 Å². The van der Waals surface area contributed by atoms with Gasteiger partial charge in [0.15, 0.2) is 0 Å². The zero-order valence-corrected chi connectivity index (χ0v) is 9.28. The van der Waals surface area contributed by atoms with Crippen molar-refractivity contribution < 1.29 is 39.1 Å². The molecule has 0 saturated carbocycles. The van der Waals surface area contributed by atoms with Crippen molar-refractivity contribution in [1.29, 1.82) is 0 Å². The van der Waals surface area contributed by atoms with E-state index in [1.54, 1.807) is 0 Å². The molecule has 0 aliphatic heterocycles. The maximum Gasteiger partial charge on any atom is 1.00 e. The molecular weight excluding hydrogens is 179 g/mol. The summed E-state index contributed by atoms with van der Waals surface area (Å²) < 4.78 is 0. The van der Waals surface area contributed by atoms with Gasteiger partial charge in [-0.05, 0) is 24.3 Å². The van der Waals surface area contributed by atoms with Crippen LogP contribution in [0.4, 0.5) is 0 Å². The fourth-order valence-corrected chi connectivity index (χ4v) is 0.799. The first kappa shape index (κ1) is 12.2. The van der Waals surface area contributed by atoms with Crippen LogP contribution in [0.3, 0.4) is 0 Å². The molecule has 1 aromatic carbocycles. The van der Waals surface area contributed by atoms with E-state index in [0.29, 0.717) is 11.1 Å². The molecule has 2 amide bonds. The van der Waals surface area contributed by atoms with Crippen molar-refractivity contribution >= 4 is 11.8 Å². The molecular formula is C8H8N2NaO2+. The summed E-state index contributed by atoms with van der Waals surface area (Å²) in [5, 5.41) is 0. The average molecular weight is 187 g/mol. The van der Waals surface area contributed by atoms with E-state index in [4.69, 9.17) is 11.5 Å². The Morgan fingerprint density at radius 2 is 1.08 bits per heavy atom. The van der Waals surface area contributed by atoms with Gasteiger partial charge in [-0.2, -0.15) is 0 Å². The third-order valence-electron chi connectivity index (χ3n) is 1.45. The number of primary amides is 2. The molecule has 0 aliphatic rings. The van der Waals surface area contributed by atoms with Crippen molar-refractivity contribution in [3.05, 3.63) is 35.4 Å². The fraction of sp³-hybridized carbons (Fsp3) is 0. The molecule has 0 heterocycles. The van der Waals surface area contributed by atoms with Crippen LogP contribution in [0.15, 0.2) is 24.3 Å². The normalized spacial score (nSPS) is 8.62. The molecule has 5 heteroatoms. The van der Waals surface area contributed by atoms with Crippen molar-refractivity contribution in [2.75, 3.05) is 0 Å². The van der Waals surface area contributed by atoms with Crippen LogP contribution in [0.5, 0.6) is 0 Å². The van der Waals surface area contributed by atoms with E-state index in [-0.39, 0.29) is 29.6 Å². The van der Waals surface area contributed by atoms with Crippen molar-refractivity contribution in [3.8, 4) is 0 Å². The van der Waals surface area contributed by atoms with Crippen LogP contribution in [0.25, 0.3) is 0 Å². The number of carbonyl (C=O) groups excluding carboxylic acids is 2. The largest absolute Gasteiger partial charge is 1.00 e. The summed E-state index contributed by atoms with van der Waals surface area (Å²) in [7, 11) is 0. The Balaban J connectivity index is 0.00000144. The second-order valence-corrected chi connectivity index (χ2v) is 2.31. The molecule has 0 spiro atoms. The molecule has 0 radical (unpaired) electrons. The minimum absolute atomic E-state index is 0. The van der Waals surface area contributed by atoms with Crippen molar-refractivity contribution in [1.82, 2.24) is 0 Å². The molecule has 0 bridgehead atoms. The standard InChI is InChI=1S/C8H8N2O2.Na/c9-7(11)5-1-2-6(4-3-5)8(10)12;/h1-4H,(H2,9,11)(H2,10,12);/q;+1. The van der Waals surface area contributed by atoms with E-state index in [9.17, 15) is 9.59 Å². The summed E-state index contributed by atoms with van der Waals surface area (Å²) in [6.45, 7) is 0. The van der Waals surface area contributed by atoms with Crippen molar-refractivity contribution in [2.24, 2.45) is 11.5 Å². The summed E-state index contributed by atoms with van der Waals surface area (Å²) in [4.78, 5) is 21.2. The topological polar surface area (TPSA) is 86.2 Å². The molecule has 0 aromatic heterocycles. The molecule has 4 nitrogen and oxygen atoms in total. The van der Waals surface area contributed by atoms with Gasteiger partial charge < -0.3 is 11.5 Å². The maximum atomic E-state index is 10.6. The Hall–Kier alpha value is -0.840. The van der Waals surface area contributed by atoms with E-state index in [1.165, 1.54) is 24.3 Å². The van der Waals surface area contributed by atoms with Crippen LogP contribution < -0.4 is 41.0 Å². The average Bonchev–Trinajstić information content (AvgIpc) is 2.04. The number of amides is 2. The van der Waals surface area contributed by atoms with Gasteiger partial charge in [0, 0.05) is 11.1 Å². The van der Waals surface area contributed by atoms with Gasteiger partial charge >= 0.3 is 29.6 Å². The molecule has 62 valence electrons. The number of nitrogens with two attached hydrogens (primary N) is 2. The van der Waals surface area contributed by atoms with Gasteiger partial charge in [-0.15, -0.1) is 0 Å². The monoisotopic (exact) mass is 187 g/mol.